The Morgan fingerprint density at radius 2 is 1.97 bits per heavy atom. The van der Waals surface area contributed by atoms with E-state index in [4.69, 9.17) is 0 Å². The topological polar surface area (TPSA) is 98.7 Å². The number of hydrogen-bond acceptors (Lipinski definition) is 5. The van der Waals surface area contributed by atoms with Crippen molar-refractivity contribution in [3.63, 3.8) is 0 Å². The van der Waals surface area contributed by atoms with E-state index in [0.717, 1.165) is 23.2 Å². The number of hydrogen-bond donors (Lipinski definition) is 3. The highest BCUT2D eigenvalue weighted by Gasteiger charge is 2.76. The molecule has 3 aliphatic rings. The molecule has 3 amide bonds. The van der Waals surface area contributed by atoms with Crippen molar-refractivity contribution in [3.05, 3.63) is 29.3 Å². The predicted molar refractivity (Wildman–Crippen MR) is 134 cm³/mol. The van der Waals surface area contributed by atoms with Crippen molar-refractivity contribution in [2.45, 2.75) is 69.5 Å². The number of fused-ring (bicyclic) bond motifs is 1. The molecule has 3 saturated heterocycles. The van der Waals surface area contributed by atoms with E-state index in [2.05, 4.69) is 17.6 Å². The number of carbonyl (C=O) groups is 3. The lowest BCUT2D eigenvalue weighted by molar-refractivity contribution is -0.142. The van der Waals surface area contributed by atoms with Crippen molar-refractivity contribution in [3.8, 4) is 0 Å². The van der Waals surface area contributed by atoms with Gasteiger partial charge in [0.15, 0.2) is 0 Å². The minimum absolute atomic E-state index is 0.0136. The number of rotatable bonds is 7. The fraction of sp³-hybridized carbons (Fsp3) is 0.654. The molecule has 3 unspecified atom stereocenters. The van der Waals surface area contributed by atoms with Crippen LogP contribution in [0.25, 0.3) is 0 Å². The fourth-order valence-corrected chi connectivity index (χ4v) is 8.92. The summed E-state index contributed by atoms with van der Waals surface area (Å²) in [6.07, 6.45) is 1.38. The van der Waals surface area contributed by atoms with Gasteiger partial charge in [-0.1, -0.05) is 32.9 Å². The van der Waals surface area contributed by atoms with Gasteiger partial charge in [0.2, 0.25) is 17.7 Å². The number of aliphatic hydroxyl groups excluding tert-OH is 1. The first-order valence-electron chi connectivity index (χ1n) is 12.3. The summed E-state index contributed by atoms with van der Waals surface area (Å²) in [5.74, 6) is -1.23. The predicted octanol–water partition coefficient (Wildman–Crippen LogP) is 2.73. The molecule has 3 fully saturated rings. The van der Waals surface area contributed by atoms with Crippen molar-refractivity contribution >= 4 is 35.2 Å². The van der Waals surface area contributed by atoms with Crippen molar-refractivity contribution in [1.82, 2.24) is 10.2 Å². The molecule has 3 aliphatic heterocycles. The van der Waals surface area contributed by atoms with Crippen molar-refractivity contribution in [1.29, 1.82) is 0 Å². The summed E-state index contributed by atoms with van der Waals surface area (Å²) >= 11 is 1.65. The summed E-state index contributed by atoms with van der Waals surface area (Å²) in [7, 11) is 1.60. The largest absolute Gasteiger partial charge is 0.394 e. The number of likely N-dealkylation sites (tertiary alicyclic amines) is 1. The Labute approximate surface area is 206 Å². The Morgan fingerprint density at radius 1 is 1.26 bits per heavy atom. The minimum atomic E-state index is -0.750. The van der Waals surface area contributed by atoms with Crippen LogP contribution in [0.5, 0.6) is 0 Å². The van der Waals surface area contributed by atoms with E-state index < -0.39 is 28.7 Å². The molecule has 8 heteroatoms. The molecule has 34 heavy (non-hydrogen) atoms. The number of benzene rings is 1. The van der Waals surface area contributed by atoms with Crippen LogP contribution in [0.4, 0.5) is 5.69 Å². The van der Waals surface area contributed by atoms with Gasteiger partial charge in [0.25, 0.3) is 0 Å². The van der Waals surface area contributed by atoms with Gasteiger partial charge in [0, 0.05) is 18.0 Å². The van der Waals surface area contributed by atoms with Gasteiger partial charge >= 0.3 is 0 Å². The normalized spacial score (nSPS) is 32.8. The quantitative estimate of drug-likeness (QED) is 0.549. The molecule has 7 atom stereocenters. The zero-order valence-electron chi connectivity index (χ0n) is 20.9. The Balaban J connectivity index is 1.81. The zero-order chi connectivity index (χ0) is 24.9. The Morgan fingerprint density at radius 3 is 2.59 bits per heavy atom. The molecule has 0 radical (unpaired) electrons. The molecule has 7 nitrogen and oxygen atoms in total. The smallest absolute Gasteiger partial charge is 0.248 e. The lowest BCUT2D eigenvalue weighted by Gasteiger charge is -2.40. The maximum absolute atomic E-state index is 14.1. The standard InChI is InChI=1S/C26H37N3O4S/c1-13(2)9-17(12-30)29-22(24(32)28-18-10-14(3)7-8-15(18)4)26-16(5)11-19(34-26)20(23(31)27-6)21(26)25(29)33/h7-8,10,13,16-17,19-22,30H,9,11-12H2,1-6H3,(H,27,31)(H,28,32)/t16?,17-,19-,20+,21+,22?,26?/m1/s1. The van der Waals surface area contributed by atoms with Crippen LogP contribution in [0.3, 0.4) is 0 Å². The van der Waals surface area contributed by atoms with Gasteiger partial charge in [-0.2, -0.15) is 0 Å². The molecule has 3 heterocycles. The van der Waals surface area contributed by atoms with Gasteiger partial charge in [-0.05, 0) is 55.7 Å². The molecule has 4 rings (SSSR count). The average molecular weight is 488 g/mol. The summed E-state index contributed by atoms with van der Waals surface area (Å²) in [6, 6.07) is 4.69. The third kappa shape index (κ3) is 3.73. The second-order valence-electron chi connectivity index (χ2n) is 10.7. The van der Waals surface area contributed by atoms with E-state index in [9.17, 15) is 19.5 Å². The summed E-state index contributed by atoms with van der Waals surface area (Å²) in [4.78, 5) is 42.7. The molecule has 0 aromatic heterocycles. The molecule has 3 N–H and O–H groups in total. The zero-order valence-corrected chi connectivity index (χ0v) is 21.7. The number of aryl methyl sites for hydroxylation is 2. The first-order valence-corrected chi connectivity index (χ1v) is 13.1. The average Bonchev–Trinajstić information content (AvgIpc) is 3.37. The summed E-state index contributed by atoms with van der Waals surface area (Å²) in [5, 5.41) is 16.2. The van der Waals surface area contributed by atoms with Gasteiger partial charge in [-0.3, -0.25) is 14.4 Å². The summed E-state index contributed by atoms with van der Waals surface area (Å²) < 4.78 is -0.689. The summed E-state index contributed by atoms with van der Waals surface area (Å²) in [5.41, 5.74) is 2.72. The number of thioether (sulfide) groups is 1. The van der Waals surface area contributed by atoms with Crippen LogP contribution < -0.4 is 10.6 Å². The third-order valence-corrected chi connectivity index (χ3v) is 10.1. The number of nitrogens with one attached hydrogen (secondary N) is 2. The van der Waals surface area contributed by atoms with Crippen molar-refractivity contribution in [2.24, 2.45) is 23.7 Å². The van der Waals surface area contributed by atoms with Gasteiger partial charge in [0.1, 0.15) is 6.04 Å². The highest BCUT2D eigenvalue weighted by atomic mass is 32.2. The number of anilines is 1. The molecule has 0 saturated carbocycles. The van der Waals surface area contributed by atoms with E-state index in [1.54, 1.807) is 23.7 Å². The van der Waals surface area contributed by atoms with E-state index in [1.807, 2.05) is 45.9 Å². The van der Waals surface area contributed by atoms with Crippen molar-refractivity contribution in [2.75, 3.05) is 19.0 Å². The third-order valence-electron chi connectivity index (χ3n) is 7.98. The molecule has 1 aromatic carbocycles. The van der Waals surface area contributed by atoms with E-state index >= 15 is 0 Å². The second kappa shape index (κ2) is 9.19. The van der Waals surface area contributed by atoms with Gasteiger partial charge in [-0.25, -0.2) is 0 Å². The van der Waals surface area contributed by atoms with E-state index in [1.165, 1.54) is 0 Å². The number of aliphatic hydroxyl groups is 1. The van der Waals surface area contributed by atoms with E-state index in [-0.39, 0.29) is 41.4 Å². The molecule has 186 valence electrons. The maximum Gasteiger partial charge on any atom is 0.248 e. The van der Waals surface area contributed by atoms with Crippen LogP contribution in [0.2, 0.25) is 0 Å². The lowest BCUT2D eigenvalue weighted by atomic mass is 9.66. The first-order chi connectivity index (χ1) is 16.1. The van der Waals surface area contributed by atoms with Crippen LogP contribution in [0.1, 0.15) is 44.7 Å². The van der Waals surface area contributed by atoms with Crippen LogP contribution in [-0.4, -0.2) is 63.5 Å². The van der Waals surface area contributed by atoms with Crippen LogP contribution in [0, 0.1) is 37.5 Å². The molecule has 1 aromatic rings. The number of nitrogens with zero attached hydrogens (tertiary/aromatic N) is 1. The highest BCUT2D eigenvalue weighted by molar-refractivity contribution is 8.02. The SMILES string of the molecule is CNC(=O)[C@@H]1[C@H]2C(=O)N([C@@H](CO)CC(C)C)C(C(=O)Nc3cc(C)ccc3C)C23S[C@@H]1CC3C. The Bertz CT molecular complexity index is 998. The minimum Gasteiger partial charge on any atom is -0.394 e. The van der Waals surface area contributed by atoms with Crippen LogP contribution in [0.15, 0.2) is 18.2 Å². The first kappa shape index (κ1) is 25.0. The Kier molecular flexibility index (Phi) is 6.77. The maximum atomic E-state index is 14.1. The van der Waals surface area contributed by atoms with Crippen LogP contribution in [-0.2, 0) is 14.4 Å². The molecular formula is C26H37N3O4S. The monoisotopic (exact) mass is 487 g/mol. The number of carbonyl (C=O) groups excluding carboxylic acids is 3. The molecular weight excluding hydrogens is 450 g/mol. The lowest BCUT2D eigenvalue weighted by Crippen LogP contribution is -2.57. The van der Waals surface area contributed by atoms with Crippen LogP contribution >= 0.6 is 11.8 Å². The second-order valence-corrected chi connectivity index (χ2v) is 12.2. The molecule has 1 spiro atoms. The summed E-state index contributed by atoms with van der Waals surface area (Å²) in [6.45, 7) is 9.90. The molecule has 2 bridgehead atoms. The van der Waals surface area contributed by atoms with Gasteiger partial charge in [0.05, 0.1) is 29.2 Å². The van der Waals surface area contributed by atoms with Crippen molar-refractivity contribution < 1.29 is 19.5 Å². The van der Waals surface area contributed by atoms with E-state index in [0.29, 0.717) is 6.42 Å². The number of amides is 3. The molecule has 0 aliphatic carbocycles. The van der Waals surface area contributed by atoms with Gasteiger partial charge in [-0.15, -0.1) is 11.8 Å². The van der Waals surface area contributed by atoms with Gasteiger partial charge < -0.3 is 20.6 Å². The Hall–Kier alpha value is -2.06. The highest BCUT2D eigenvalue weighted by Crippen LogP contribution is 2.68. The fourth-order valence-electron chi connectivity index (χ4n) is 6.51.